The average molecular weight is 428 g/mol. The van der Waals surface area contributed by atoms with Gasteiger partial charge in [0.25, 0.3) is 0 Å². The molecule has 2 fully saturated rings. The van der Waals surface area contributed by atoms with Gasteiger partial charge in [0.1, 0.15) is 36.4 Å². The van der Waals surface area contributed by atoms with Crippen molar-refractivity contribution in [1.29, 1.82) is 0 Å². The highest BCUT2D eigenvalue weighted by atomic mass is 16.5. The summed E-state index contributed by atoms with van der Waals surface area (Å²) in [5.74, 6) is 0.646. The number of aliphatic hydroxyl groups is 4. The number of hydrogen-bond donors (Lipinski definition) is 4. The highest BCUT2D eigenvalue weighted by Gasteiger charge is 2.42. The molecule has 4 N–H and O–H groups in total. The van der Waals surface area contributed by atoms with E-state index in [4.69, 9.17) is 14.2 Å². The van der Waals surface area contributed by atoms with Gasteiger partial charge < -0.3 is 34.6 Å². The van der Waals surface area contributed by atoms with Gasteiger partial charge in [-0.2, -0.15) is 0 Å². The Morgan fingerprint density at radius 1 is 1.06 bits per heavy atom. The third kappa shape index (κ3) is 4.70. The van der Waals surface area contributed by atoms with Crippen molar-refractivity contribution in [3.8, 4) is 5.75 Å². The van der Waals surface area contributed by atoms with Crippen LogP contribution in [-0.4, -0.2) is 58.1 Å². The predicted octanol–water partition coefficient (Wildman–Crippen LogP) is 2.31. The first-order valence-corrected chi connectivity index (χ1v) is 10.4. The van der Waals surface area contributed by atoms with Crippen molar-refractivity contribution in [2.24, 2.45) is 0 Å². The van der Waals surface area contributed by atoms with Gasteiger partial charge in [0.05, 0.1) is 13.2 Å². The van der Waals surface area contributed by atoms with Crippen LogP contribution in [0.25, 0.3) is 0 Å². The first kappa shape index (κ1) is 21.6. The number of aliphatic hydroxyl groups excluding tert-OH is 4. The molecule has 7 heteroatoms. The van der Waals surface area contributed by atoms with Crippen LogP contribution in [0.5, 0.6) is 5.75 Å². The fourth-order valence-corrected chi connectivity index (χ4v) is 3.96. The molecule has 31 heavy (non-hydrogen) atoms. The van der Waals surface area contributed by atoms with Crippen LogP contribution >= 0.6 is 0 Å². The Kier molecular flexibility index (Phi) is 6.48. The molecule has 2 aliphatic heterocycles. The lowest BCUT2D eigenvalue weighted by atomic mass is 9.90. The topological polar surface area (TPSA) is 109 Å². The van der Waals surface area contributed by atoms with E-state index >= 15 is 0 Å². The maximum Gasteiger partial charge on any atom is 0.162 e. The molecule has 0 spiro atoms. The lowest BCUT2D eigenvalue weighted by Gasteiger charge is -2.37. The summed E-state index contributed by atoms with van der Waals surface area (Å²) < 4.78 is 16.8. The average Bonchev–Trinajstić information content (AvgIpc) is 3.28. The van der Waals surface area contributed by atoms with Crippen molar-refractivity contribution in [3.63, 3.8) is 0 Å². The zero-order valence-corrected chi connectivity index (χ0v) is 17.3. The van der Waals surface area contributed by atoms with Crippen molar-refractivity contribution in [3.05, 3.63) is 76.7 Å². The van der Waals surface area contributed by atoms with E-state index in [0.717, 1.165) is 35.5 Å². The molecule has 7 nitrogen and oxygen atoms in total. The van der Waals surface area contributed by atoms with Gasteiger partial charge in [0.2, 0.25) is 0 Å². The minimum Gasteiger partial charge on any atom is -0.512 e. The van der Waals surface area contributed by atoms with E-state index in [1.807, 2.05) is 49.4 Å². The summed E-state index contributed by atoms with van der Waals surface area (Å²) in [5.41, 5.74) is 3.88. The molecule has 0 aliphatic carbocycles. The summed E-state index contributed by atoms with van der Waals surface area (Å²) in [6.45, 7) is 3.37. The summed E-state index contributed by atoms with van der Waals surface area (Å²) in [7, 11) is 0. The van der Waals surface area contributed by atoms with Gasteiger partial charge in [-0.3, -0.25) is 0 Å². The summed E-state index contributed by atoms with van der Waals surface area (Å²) in [5, 5.41) is 39.7. The van der Waals surface area contributed by atoms with Crippen LogP contribution in [0.2, 0.25) is 0 Å². The Bertz CT molecular complexity index is 918. The molecule has 0 unspecified atom stereocenters. The first-order chi connectivity index (χ1) is 15.0. The fourth-order valence-electron chi connectivity index (χ4n) is 3.96. The number of benzene rings is 2. The Hall–Kier alpha value is -2.58. The minimum atomic E-state index is -1.47. The van der Waals surface area contributed by atoms with E-state index in [1.54, 1.807) is 0 Å². The number of rotatable bonds is 5. The van der Waals surface area contributed by atoms with E-state index < -0.39 is 24.4 Å². The smallest absolute Gasteiger partial charge is 0.162 e. The monoisotopic (exact) mass is 428 g/mol. The normalized spacial score (nSPS) is 29.7. The van der Waals surface area contributed by atoms with Crippen molar-refractivity contribution >= 4 is 0 Å². The third-order valence-electron chi connectivity index (χ3n) is 5.88. The molecule has 5 atom stereocenters. The maximum absolute atomic E-state index is 10.4. The number of aryl methyl sites for hydroxylation is 1. The number of hydrogen-bond acceptors (Lipinski definition) is 7. The third-order valence-corrected chi connectivity index (χ3v) is 5.88. The SMILES string of the molecule is Cc1ccc([C@@H]2O/C(=C/O)[C@@H](O)[C@H](O)[C@H]2O)cc1Cc1ccc(O[C@H]2CCOC2)cc1. The van der Waals surface area contributed by atoms with E-state index in [1.165, 1.54) is 0 Å². The van der Waals surface area contributed by atoms with Crippen molar-refractivity contribution in [2.75, 3.05) is 13.2 Å². The highest BCUT2D eigenvalue weighted by molar-refractivity contribution is 5.38. The molecule has 2 saturated heterocycles. The maximum atomic E-state index is 10.4. The zero-order valence-electron chi connectivity index (χ0n) is 17.3. The quantitative estimate of drug-likeness (QED) is 0.541. The Labute approximate surface area is 181 Å². The zero-order chi connectivity index (χ0) is 22.0. The molecule has 0 bridgehead atoms. The van der Waals surface area contributed by atoms with Crippen molar-refractivity contribution in [2.45, 2.75) is 50.3 Å². The van der Waals surface area contributed by atoms with Gasteiger partial charge in [0, 0.05) is 6.42 Å². The molecule has 4 rings (SSSR count). The second kappa shape index (κ2) is 9.28. The lowest BCUT2D eigenvalue weighted by molar-refractivity contribution is -0.159. The van der Waals surface area contributed by atoms with E-state index in [0.29, 0.717) is 24.9 Å². The molecular weight excluding hydrogens is 400 g/mol. The lowest BCUT2D eigenvalue weighted by Crippen LogP contribution is -2.47. The van der Waals surface area contributed by atoms with E-state index in [2.05, 4.69) is 0 Å². The summed E-state index contributed by atoms with van der Waals surface area (Å²) in [6, 6.07) is 13.6. The minimum absolute atomic E-state index is 0.110. The Morgan fingerprint density at radius 2 is 1.84 bits per heavy atom. The van der Waals surface area contributed by atoms with Crippen molar-refractivity contribution in [1.82, 2.24) is 0 Å². The fraction of sp³-hybridized carbons (Fsp3) is 0.417. The molecule has 2 aliphatic rings. The molecule has 166 valence electrons. The van der Waals surface area contributed by atoms with Gasteiger partial charge in [-0.1, -0.05) is 30.3 Å². The van der Waals surface area contributed by atoms with E-state index in [-0.39, 0.29) is 11.9 Å². The van der Waals surface area contributed by atoms with Crippen LogP contribution in [-0.2, 0) is 15.9 Å². The Balaban J connectivity index is 1.50. The molecule has 2 aromatic rings. The molecule has 0 saturated carbocycles. The molecule has 2 aromatic carbocycles. The second-order valence-electron chi connectivity index (χ2n) is 8.11. The predicted molar refractivity (Wildman–Crippen MR) is 113 cm³/mol. The molecule has 2 heterocycles. The van der Waals surface area contributed by atoms with E-state index in [9.17, 15) is 20.4 Å². The van der Waals surface area contributed by atoms with Crippen LogP contribution < -0.4 is 4.74 Å². The standard InChI is InChI=1S/C24H28O7/c1-14-2-5-16(24-23(28)22(27)21(26)20(12-25)31-24)11-17(14)10-15-3-6-18(7-4-15)30-19-8-9-29-13-19/h2-7,11-12,19,21-28H,8-10,13H2,1H3/b20-12+/t19-,21+,22-,23+,24-/m0/s1. The van der Waals surface area contributed by atoms with Crippen LogP contribution in [0.3, 0.4) is 0 Å². The summed E-state index contributed by atoms with van der Waals surface area (Å²) >= 11 is 0. The van der Waals surface area contributed by atoms with Gasteiger partial charge in [-0.15, -0.1) is 0 Å². The molecule has 0 amide bonds. The molecule has 0 radical (unpaired) electrons. The largest absolute Gasteiger partial charge is 0.512 e. The summed E-state index contributed by atoms with van der Waals surface area (Å²) in [4.78, 5) is 0. The first-order valence-electron chi connectivity index (χ1n) is 10.4. The van der Waals surface area contributed by atoms with Crippen LogP contribution in [0.15, 0.2) is 54.5 Å². The number of ether oxygens (including phenoxy) is 3. The van der Waals surface area contributed by atoms with Gasteiger partial charge in [-0.05, 0) is 47.7 Å². The summed E-state index contributed by atoms with van der Waals surface area (Å²) in [6.07, 6.45) is -2.87. The molecule has 0 aromatic heterocycles. The molecular formula is C24H28O7. The highest BCUT2D eigenvalue weighted by Crippen LogP contribution is 2.35. The van der Waals surface area contributed by atoms with Crippen LogP contribution in [0, 0.1) is 6.92 Å². The van der Waals surface area contributed by atoms with Gasteiger partial charge >= 0.3 is 0 Å². The van der Waals surface area contributed by atoms with Gasteiger partial charge in [0.15, 0.2) is 11.9 Å². The second-order valence-corrected chi connectivity index (χ2v) is 8.11. The Morgan fingerprint density at radius 3 is 2.52 bits per heavy atom. The van der Waals surface area contributed by atoms with Crippen LogP contribution in [0.4, 0.5) is 0 Å². The van der Waals surface area contributed by atoms with Gasteiger partial charge in [-0.25, -0.2) is 0 Å². The van der Waals surface area contributed by atoms with Crippen molar-refractivity contribution < 1.29 is 34.6 Å². The van der Waals surface area contributed by atoms with Crippen LogP contribution in [0.1, 0.15) is 34.8 Å².